The zero-order chi connectivity index (χ0) is 18.7. The lowest BCUT2D eigenvalue weighted by atomic mass is 10.2. The summed E-state index contributed by atoms with van der Waals surface area (Å²) in [6.45, 7) is 0. The van der Waals surface area contributed by atoms with Crippen LogP contribution in [-0.4, -0.2) is 22.2 Å². The van der Waals surface area contributed by atoms with Crippen molar-refractivity contribution in [2.24, 2.45) is 4.99 Å². The van der Waals surface area contributed by atoms with E-state index < -0.39 is 5.25 Å². The second kappa shape index (κ2) is 8.31. The molecule has 9 heteroatoms. The van der Waals surface area contributed by atoms with Gasteiger partial charge in [-0.3, -0.25) is 9.59 Å². The Morgan fingerprint density at radius 2 is 1.81 bits per heavy atom. The van der Waals surface area contributed by atoms with E-state index in [0.29, 0.717) is 31.6 Å². The second-order valence-electron chi connectivity index (χ2n) is 5.37. The van der Waals surface area contributed by atoms with Gasteiger partial charge in [0.1, 0.15) is 5.25 Å². The number of hydrogen-bond donors (Lipinski definition) is 2. The van der Waals surface area contributed by atoms with Gasteiger partial charge in [-0.15, -0.1) is 0 Å². The fraction of sp³-hybridized carbons (Fsp3) is 0.118. The van der Waals surface area contributed by atoms with Gasteiger partial charge < -0.3 is 10.6 Å². The molecule has 0 spiro atoms. The monoisotopic (exact) mass is 427 g/mol. The SMILES string of the molecule is O=C(CC1SC(=Nc2ccc(Cl)cc2)NC1=O)Nc1ccc(Cl)cc1Cl. The third kappa shape index (κ3) is 4.92. The number of thioether (sulfide) groups is 1. The van der Waals surface area contributed by atoms with Gasteiger partial charge in [0.2, 0.25) is 11.8 Å². The summed E-state index contributed by atoms with van der Waals surface area (Å²) >= 11 is 18.9. The Labute approximate surface area is 169 Å². The van der Waals surface area contributed by atoms with E-state index in [0.717, 1.165) is 0 Å². The quantitative estimate of drug-likeness (QED) is 0.728. The van der Waals surface area contributed by atoms with Crippen LogP contribution >= 0.6 is 46.6 Å². The minimum absolute atomic E-state index is 0.00487. The van der Waals surface area contributed by atoms with Crippen LogP contribution in [0.4, 0.5) is 11.4 Å². The molecular formula is C17H12Cl3N3O2S. The number of benzene rings is 2. The fourth-order valence-electron chi connectivity index (χ4n) is 2.19. The van der Waals surface area contributed by atoms with E-state index in [1.54, 1.807) is 36.4 Å². The molecule has 2 aromatic carbocycles. The van der Waals surface area contributed by atoms with Crippen LogP contribution in [0.15, 0.2) is 47.5 Å². The lowest BCUT2D eigenvalue weighted by molar-refractivity contribution is -0.122. The molecule has 5 nitrogen and oxygen atoms in total. The molecule has 0 radical (unpaired) electrons. The van der Waals surface area contributed by atoms with Crippen LogP contribution in [0, 0.1) is 0 Å². The van der Waals surface area contributed by atoms with Gasteiger partial charge in [0, 0.05) is 16.5 Å². The van der Waals surface area contributed by atoms with Gasteiger partial charge >= 0.3 is 0 Å². The summed E-state index contributed by atoms with van der Waals surface area (Å²) < 4.78 is 0. The summed E-state index contributed by atoms with van der Waals surface area (Å²) in [6, 6.07) is 11.7. The topological polar surface area (TPSA) is 70.6 Å². The molecule has 1 heterocycles. The van der Waals surface area contributed by atoms with Crippen LogP contribution in [0.3, 0.4) is 0 Å². The lowest BCUT2D eigenvalue weighted by Gasteiger charge is -2.09. The van der Waals surface area contributed by atoms with Gasteiger partial charge in [-0.2, -0.15) is 0 Å². The van der Waals surface area contributed by atoms with Crippen molar-refractivity contribution in [3.05, 3.63) is 57.5 Å². The molecule has 1 fully saturated rings. The van der Waals surface area contributed by atoms with Crippen molar-refractivity contribution in [1.29, 1.82) is 0 Å². The van der Waals surface area contributed by atoms with Crippen molar-refractivity contribution < 1.29 is 9.59 Å². The average molecular weight is 429 g/mol. The highest BCUT2D eigenvalue weighted by Gasteiger charge is 2.32. The molecule has 0 saturated carbocycles. The minimum atomic E-state index is -0.563. The molecule has 1 aliphatic rings. The highest BCUT2D eigenvalue weighted by molar-refractivity contribution is 8.15. The molecular weight excluding hydrogens is 417 g/mol. The Hall–Kier alpha value is -1.73. The van der Waals surface area contributed by atoms with Crippen molar-refractivity contribution in [2.45, 2.75) is 11.7 Å². The molecule has 0 bridgehead atoms. The van der Waals surface area contributed by atoms with Crippen molar-refractivity contribution >= 4 is 74.9 Å². The number of amides is 2. The maximum Gasteiger partial charge on any atom is 0.240 e. The van der Waals surface area contributed by atoms with Crippen molar-refractivity contribution in [2.75, 3.05) is 5.32 Å². The first kappa shape index (κ1) is 19.0. The smallest absolute Gasteiger partial charge is 0.240 e. The number of carbonyl (C=O) groups is 2. The molecule has 1 atom stereocenters. The average Bonchev–Trinajstić information content (AvgIpc) is 2.91. The Morgan fingerprint density at radius 3 is 2.50 bits per heavy atom. The van der Waals surface area contributed by atoms with Gasteiger partial charge in [-0.05, 0) is 42.5 Å². The molecule has 2 N–H and O–H groups in total. The van der Waals surface area contributed by atoms with E-state index in [9.17, 15) is 9.59 Å². The maximum absolute atomic E-state index is 12.2. The molecule has 1 saturated heterocycles. The van der Waals surface area contributed by atoms with E-state index in [-0.39, 0.29) is 18.2 Å². The largest absolute Gasteiger partial charge is 0.325 e. The summed E-state index contributed by atoms with van der Waals surface area (Å²) in [6.07, 6.45) is -0.00487. The van der Waals surface area contributed by atoms with Crippen LogP contribution in [0.2, 0.25) is 15.1 Å². The van der Waals surface area contributed by atoms with Gasteiger partial charge in [0.25, 0.3) is 0 Å². The molecule has 134 valence electrons. The standard InChI is InChI=1S/C17H12Cl3N3O2S/c18-9-1-4-11(5-2-9)21-17-23-16(25)14(26-17)8-15(24)22-13-6-3-10(19)7-12(13)20/h1-7,14H,8H2,(H,22,24)(H,21,23,25). The Morgan fingerprint density at radius 1 is 1.12 bits per heavy atom. The van der Waals surface area contributed by atoms with Gasteiger partial charge in [-0.1, -0.05) is 46.6 Å². The second-order valence-corrected chi connectivity index (χ2v) is 7.84. The van der Waals surface area contributed by atoms with Crippen LogP contribution < -0.4 is 10.6 Å². The van der Waals surface area contributed by atoms with Crippen molar-refractivity contribution in [3.63, 3.8) is 0 Å². The summed E-state index contributed by atoms with van der Waals surface area (Å²) in [7, 11) is 0. The maximum atomic E-state index is 12.2. The Bertz CT molecular complexity index is 887. The highest BCUT2D eigenvalue weighted by Crippen LogP contribution is 2.28. The number of carbonyl (C=O) groups excluding carboxylic acids is 2. The fourth-order valence-corrected chi connectivity index (χ4v) is 3.76. The highest BCUT2D eigenvalue weighted by atomic mass is 35.5. The number of nitrogens with one attached hydrogen (secondary N) is 2. The molecule has 1 aliphatic heterocycles. The van der Waals surface area contributed by atoms with E-state index in [4.69, 9.17) is 34.8 Å². The number of rotatable bonds is 4. The number of anilines is 1. The first-order valence-corrected chi connectivity index (χ1v) is 9.49. The van der Waals surface area contributed by atoms with Gasteiger partial charge in [-0.25, -0.2) is 4.99 Å². The van der Waals surface area contributed by atoms with E-state index in [2.05, 4.69) is 15.6 Å². The van der Waals surface area contributed by atoms with E-state index in [1.165, 1.54) is 17.8 Å². The number of aliphatic imine (C=N–C) groups is 1. The predicted molar refractivity (Wildman–Crippen MR) is 108 cm³/mol. The van der Waals surface area contributed by atoms with Crippen molar-refractivity contribution in [3.8, 4) is 0 Å². The first-order valence-electron chi connectivity index (χ1n) is 7.47. The van der Waals surface area contributed by atoms with Gasteiger partial charge in [0.15, 0.2) is 5.17 Å². The van der Waals surface area contributed by atoms with Crippen LogP contribution in [0.25, 0.3) is 0 Å². The summed E-state index contributed by atoms with van der Waals surface area (Å²) in [4.78, 5) is 28.6. The van der Waals surface area contributed by atoms with Crippen LogP contribution in [0.1, 0.15) is 6.42 Å². The Balaban J connectivity index is 1.62. The molecule has 3 rings (SSSR count). The van der Waals surface area contributed by atoms with Crippen LogP contribution in [-0.2, 0) is 9.59 Å². The predicted octanol–water partition coefficient (Wildman–Crippen LogP) is 4.89. The number of halogens is 3. The molecule has 26 heavy (non-hydrogen) atoms. The molecule has 0 aromatic heterocycles. The number of nitrogens with zero attached hydrogens (tertiary/aromatic N) is 1. The van der Waals surface area contributed by atoms with Gasteiger partial charge in [0.05, 0.1) is 16.4 Å². The summed E-state index contributed by atoms with van der Waals surface area (Å²) in [5.41, 5.74) is 1.11. The zero-order valence-electron chi connectivity index (χ0n) is 13.1. The number of amidine groups is 1. The van der Waals surface area contributed by atoms with E-state index >= 15 is 0 Å². The summed E-state index contributed by atoms with van der Waals surface area (Å²) in [5.74, 6) is -0.588. The van der Waals surface area contributed by atoms with Crippen LogP contribution in [0.5, 0.6) is 0 Å². The third-order valence-corrected chi connectivity index (χ3v) is 5.29. The molecule has 2 aromatic rings. The zero-order valence-corrected chi connectivity index (χ0v) is 16.2. The molecule has 2 amide bonds. The summed E-state index contributed by atoms with van der Waals surface area (Å²) in [5, 5.41) is 6.64. The minimum Gasteiger partial charge on any atom is -0.325 e. The molecule has 0 aliphatic carbocycles. The number of hydrogen-bond acceptors (Lipinski definition) is 4. The molecule has 1 unspecified atom stereocenters. The lowest BCUT2D eigenvalue weighted by Crippen LogP contribution is -2.28. The van der Waals surface area contributed by atoms with E-state index in [1.807, 2.05) is 0 Å². The first-order chi connectivity index (χ1) is 12.4. The van der Waals surface area contributed by atoms with Crippen molar-refractivity contribution in [1.82, 2.24) is 5.32 Å². The Kier molecular flexibility index (Phi) is 6.09. The normalized spacial score (nSPS) is 18.0. The third-order valence-electron chi connectivity index (χ3n) is 3.41.